The van der Waals surface area contributed by atoms with Crippen LogP contribution in [0.2, 0.25) is 0 Å². The lowest BCUT2D eigenvalue weighted by Crippen LogP contribution is -2.48. The molecular formula is C15H18N4O3S. The highest BCUT2D eigenvalue weighted by Crippen LogP contribution is 2.44. The number of aryl methyl sites for hydroxylation is 1. The number of piperidine rings is 1. The van der Waals surface area contributed by atoms with Crippen LogP contribution in [0.25, 0.3) is 0 Å². The van der Waals surface area contributed by atoms with Gasteiger partial charge in [0.05, 0.1) is 6.61 Å². The van der Waals surface area contributed by atoms with Gasteiger partial charge in [-0.3, -0.25) is 9.78 Å². The molecule has 122 valence electrons. The van der Waals surface area contributed by atoms with Crippen LogP contribution in [-0.2, 0) is 23.8 Å². The molecule has 7 nitrogen and oxygen atoms in total. The molecule has 0 unspecified atom stereocenters. The molecule has 4 heterocycles. The van der Waals surface area contributed by atoms with Crippen molar-refractivity contribution in [2.75, 3.05) is 19.7 Å². The third-order valence-corrected chi connectivity index (χ3v) is 5.88. The van der Waals surface area contributed by atoms with Crippen molar-refractivity contribution in [3.63, 3.8) is 0 Å². The number of fused-ring (bicyclic) bond motifs is 2. The van der Waals surface area contributed by atoms with Gasteiger partial charge in [-0.25, -0.2) is 9.48 Å². The Morgan fingerprint density at radius 1 is 1.43 bits per heavy atom. The zero-order valence-corrected chi connectivity index (χ0v) is 13.7. The van der Waals surface area contributed by atoms with Gasteiger partial charge in [-0.1, -0.05) is 0 Å². The molecule has 1 saturated heterocycles. The van der Waals surface area contributed by atoms with Crippen LogP contribution < -0.4 is 5.69 Å². The van der Waals surface area contributed by atoms with Crippen LogP contribution in [0.3, 0.4) is 0 Å². The molecule has 0 saturated carbocycles. The van der Waals surface area contributed by atoms with Crippen LogP contribution in [0.1, 0.15) is 33.9 Å². The fourth-order valence-electron chi connectivity index (χ4n) is 3.45. The van der Waals surface area contributed by atoms with Crippen molar-refractivity contribution in [3.8, 4) is 0 Å². The normalized spacial score (nSPS) is 19.8. The van der Waals surface area contributed by atoms with Crippen LogP contribution in [0, 0.1) is 0 Å². The van der Waals surface area contributed by atoms with Crippen molar-refractivity contribution in [2.45, 2.75) is 24.9 Å². The molecule has 2 aromatic heterocycles. The van der Waals surface area contributed by atoms with Gasteiger partial charge in [0.2, 0.25) is 5.82 Å². The van der Waals surface area contributed by atoms with Crippen molar-refractivity contribution in [1.29, 1.82) is 0 Å². The molecule has 8 heteroatoms. The predicted octanol–water partition coefficient (Wildman–Crippen LogP) is 0.874. The second-order valence-electron chi connectivity index (χ2n) is 6.06. The molecule has 1 fully saturated rings. The molecule has 1 N–H and O–H groups in total. The molecule has 4 rings (SSSR count). The first-order valence-corrected chi connectivity index (χ1v) is 8.60. The number of nitrogens with one attached hydrogen (secondary N) is 1. The zero-order chi connectivity index (χ0) is 16.0. The zero-order valence-electron chi connectivity index (χ0n) is 12.9. The van der Waals surface area contributed by atoms with E-state index in [1.54, 1.807) is 16.2 Å². The quantitative estimate of drug-likeness (QED) is 0.839. The van der Waals surface area contributed by atoms with Crippen molar-refractivity contribution < 1.29 is 9.53 Å². The van der Waals surface area contributed by atoms with Crippen LogP contribution >= 0.6 is 11.3 Å². The number of thiophene rings is 1. The van der Waals surface area contributed by atoms with E-state index in [2.05, 4.69) is 21.5 Å². The summed E-state index contributed by atoms with van der Waals surface area (Å²) in [6, 6.07) is 2.18. The van der Waals surface area contributed by atoms with E-state index in [0.29, 0.717) is 13.1 Å². The van der Waals surface area contributed by atoms with Gasteiger partial charge in [0.15, 0.2) is 0 Å². The monoisotopic (exact) mass is 334 g/mol. The first-order chi connectivity index (χ1) is 11.1. The predicted molar refractivity (Wildman–Crippen MR) is 84.6 cm³/mol. The summed E-state index contributed by atoms with van der Waals surface area (Å²) < 4.78 is 7.28. The van der Waals surface area contributed by atoms with Gasteiger partial charge >= 0.3 is 5.69 Å². The topological polar surface area (TPSA) is 80.2 Å². The molecule has 2 aliphatic heterocycles. The van der Waals surface area contributed by atoms with Gasteiger partial charge in [-0.2, -0.15) is 0 Å². The summed E-state index contributed by atoms with van der Waals surface area (Å²) in [4.78, 5) is 29.5. The van der Waals surface area contributed by atoms with Crippen molar-refractivity contribution in [3.05, 3.63) is 38.2 Å². The lowest BCUT2D eigenvalue weighted by molar-refractivity contribution is -0.0907. The molecule has 2 aliphatic rings. The molecule has 0 aromatic carbocycles. The number of hydrogen-bond acceptors (Lipinski definition) is 5. The highest BCUT2D eigenvalue weighted by Gasteiger charge is 2.43. The summed E-state index contributed by atoms with van der Waals surface area (Å²) in [6.07, 6.45) is 2.53. The summed E-state index contributed by atoms with van der Waals surface area (Å²) in [7, 11) is 1.52. The van der Waals surface area contributed by atoms with E-state index in [1.807, 2.05) is 0 Å². The minimum absolute atomic E-state index is 0.106. The van der Waals surface area contributed by atoms with E-state index in [1.165, 1.54) is 17.5 Å². The number of nitrogens with zero attached hydrogens (tertiary/aromatic N) is 3. The van der Waals surface area contributed by atoms with E-state index in [9.17, 15) is 9.59 Å². The van der Waals surface area contributed by atoms with E-state index < -0.39 is 0 Å². The maximum absolute atomic E-state index is 12.5. The standard InChI is InChI=1S/C15H18N4O3S/c1-18-14(21)16-12(17-18)13(20)19-6-4-15(5-7-19)11-10(2-8-22-15)3-9-23-11/h3,9H,2,4-8H2,1H3,(H,16,17,21). The Kier molecular flexibility index (Phi) is 3.38. The van der Waals surface area contributed by atoms with E-state index in [4.69, 9.17) is 4.74 Å². The number of aromatic amines is 1. The summed E-state index contributed by atoms with van der Waals surface area (Å²) in [6.45, 7) is 1.95. The lowest BCUT2D eigenvalue weighted by Gasteiger charge is -2.43. The summed E-state index contributed by atoms with van der Waals surface area (Å²) >= 11 is 1.75. The fourth-order valence-corrected chi connectivity index (χ4v) is 4.61. The Hall–Kier alpha value is -1.93. The second-order valence-corrected chi connectivity index (χ2v) is 6.98. The lowest BCUT2D eigenvalue weighted by atomic mass is 9.85. The van der Waals surface area contributed by atoms with Crippen LogP contribution in [-0.4, -0.2) is 45.3 Å². The van der Waals surface area contributed by atoms with Gasteiger partial charge < -0.3 is 9.64 Å². The summed E-state index contributed by atoms with van der Waals surface area (Å²) in [5.74, 6) is -0.116. The second kappa shape index (κ2) is 5.31. The maximum Gasteiger partial charge on any atom is 0.343 e. The van der Waals surface area contributed by atoms with Crippen molar-refractivity contribution in [1.82, 2.24) is 19.7 Å². The minimum atomic E-state index is -0.374. The number of hydrogen-bond donors (Lipinski definition) is 1. The average Bonchev–Trinajstić information content (AvgIpc) is 3.16. The summed E-state index contributed by atoms with van der Waals surface area (Å²) in [5.41, 5.74) is 0.770. The van der Waals surface area contributed by atoms with E-state index in [0.717, 1.165) is 30.6 Å². The Balaban J connectivity index is 1.52. The SMILES string of the molecule is Cn1nc(C(=O)N2CCC3(CC2)OCCc2ccsc23)[nH]c1=O. The molecule has 0 bridgehead atoms. The summed E-state index contributed by atoms with van der Waals surface area (Å²) in [5, 5.41) is 6.07. The molecule has 0 atom stereocenters. The molecule has 23 heavy (non-hydrogen) atoms. The molecule has 1 spiro atoms. The molecule has 1 amide bonds. The Morgan fingerprint density at radius 2 is 2.22 bits per heavy atom. The van der Waals surface area contributed by atoms with Crippen molar-refractivity contribution >= 4 is 17.2 Å². The number of likely N-dealkylation sites (tertiary alicyclic amines) is 1. The largest absolute Gasteiger partial charge is 0.369 e. The Bertz CT molecular complexity index is 798. The van der Waals surface area contributed by atoms with Gasteiger partial charge in [0, 0.05) is 25.0 Å². The number of carbonyl (C=O) groups is 1. The number of rotatable bonds is 1. The highest BCUT2D eigenvalue weighted by molar-refractivity contribution is 7.10. The minimum Gasteiger partial charge on any atom is -0.369 e. The molecule has 2 aromatic rings. The van der Waals surface area contributed by atoms with Crippen LogP contribution in [0.4, 0.5) is 0 Å². The average molecular weight is 334 g/mol. The first-order valence-electron chi connectivity index (χ1n) is 7.72. The van der Waals surface area contributed by atoms with Gasteiger partial charge in [0.1, 0.15) is 5.60 Å². The molecule has 0 radical (unpaired) electrons. The van der Waals surface area contributed by atoms with Gasteiger partial charge in [0.25, 0.3) is 5.91 Å². The smallest absolute Gasteiger partial charge is 0.343 e. The highest BCUT2D eigenvalue weighted by atomic mass is 32.1. The first kappa shape index (κ1) is 14.6. The number of aromatic nitrogens is 3. The Morgan fingerprint density at radius 3 is 2.91 bits per heavy atom. The third-order valence-electron chi connectivity index (χ3n) is 4.74. The van der Waals surface area contributed by atoms with E-state index in [-0.39, 0.29) is 23.0 Å². The van der Waals surface area contributed by atoms with Crippen LogP contribution in [0.15, 0.2) is 16.2 Å². The van der Waals surface area contributed by atoms with Crippen molar-refractivity contribution in [2.24, 2.45) is 7.05 Å². The number of carbonyl (C=O) groups excluding carboxylic acids is 1. The number of H-pyrrole nitrogens is 1. The molecule has 0 aliphatic carbocycles. The molecular weight excluding hydrogens is 316 g/mol. The van der Waals surface area contributed by atoms with Gasteiger partial charge in [-0.15, -0.1) is 16.4 Å². The third kappa shape index (κ3) is 2.33. The van der Waals surface area contributed by atoms with Crippen LogP contribution in [0.5, 0.6) is 0 Å². The van der Waals surface area contributed by atoms with E-state index >= 15 is 0 Å². The maximum atomic E-state index is 12.5. The fraction of sp³-hybridized carbons (Fsp3) is 0.533. The van der Waals surface area contributed by atoms with Gasteiger partial charge in [-0.05, 0) is 36.3 Å². The number of amides is 1. The Labute approximate surface area is 136 Å². The number of ether oxygens (including phenoxy) is 1.